The summed E-state index contributed by atoms with van der Waals surface area (Å²) < 4.78 is 2.07. The molecule has 2 aromatic rings. The molecule has 0 saturated heterocycles. The van der Waals surface area contributed by atoms with E-state index in [0.717, 1.165) is 22.0 Å². The van der Waals surface area contributed by atoms with Crippen molar-refractivity contribution in [1.82, 2.24) is 4.57 Å². The molecule has 1 heterocycles. The number of halogens is 1. The first kappa shape index (κ1) is 10.3. The van der Waals surface area contributed by atoms with Gasteiger partial charge >= 0.3 is 0 Å². The second-order valence-corrected chi connectivity index (χ2v) is 3.86. The van der Waals surface area contributed by atoms with Gasteiger partial charge in [-0.3, -0.25) is 0 Å². The zero-order valence-corrected chi connectivity index (χ0v) is 9.33. The summed E-state index contributed by atoms with van der Waals surface area (Å²) in [4.78, 5) is 0. The first-order valence-electron chi connectivity index (χ1n) is 4.86. The van der Waals surface area contributed by atoms with E-state index in [1.165, 1.54) is 0 Å². The Balaban J connectivity index is 2.59. The van der Waals surface area contributed by atoms with Crippen LogP contribution < -0.4 is 5.73 Å². The van der Waals surface area contributed by atoms with Crippen molar-refractivity contribution in [3.8, 4) is 5.69 Å². The van der Waals surface area contributed by atoms with Gasteiger partial charge < -0.3 is 10.3 Å². The van der Waals surface area contributed by atoms with Gasteiger partial charge in [0.2, 0.25) is 0 Å². The Kier molecular flexibility index (Phi) is 2.80. The van der Waals surface area contributed by atoms with Crippen molar-refractivity contribution in [2.24, 2.45) is 5.73 Å². The van der Waals surface area contributed by atoms with E-state index >= 15 is 0 Å². The fraction of sp³-hybridized carbons (Fsp3) is 0.167. The summed E-state index contributed by atoms with van der Waals surface area (Å²) in [5.74, 6) is 0. The third kappa shape index (κ3) is 1.78. The van der Waals surface area contributed by atoms with Crippen LogP contribution in [0.2, 0.25) is 5.02 Å². The maximum atomic E-state index is 6.08. The van der Waals surface area contributed by atoms with E-state index in [4.69, 9.17) is 17.3 Å². The van der Waals surface area contributed by atoms with Gasteiger partial charge in [-0.2, -0.15) is 0 Å². The number of benzene rings is 1. The van der Waals surface area contributed by atoms with E-state index in [1.54, 1.807) is 0 Å². The maximum absolute atomic E-state index is 6.08. The molecule has 0 fully saturated rings. The average Bonchev–Trinajstić information content (AvgIpc) is 2.70. The number of aromatic nitrogens is 1. The van der Waals surface area contributed by atoms with Gasteiger partial charge in [0.05, 0.1) is 0 Å². The first-order valence-corrected chi connectivity index (χ1v) is 5.23. The van der Waals surface area contributed by atoms with Crippen molar-refractivity contribution in [2.45, 2.75) is 13.5 Å². The smallest absolute Gasteiger partial charge is 0.0496 e. The van der Waals surface area contributed by atoms with Crippen LogP contribution >= 0.6 is 11.6 Å². The quantitative estimate of drug-likeness (QED) is 0.829. The zero-order chi connectivity index (χ0) is 10.8. The average molecular weight is 221 g/mol. The second-order valence-electron chi connectivity index (χ2n) is 3.46. The summed E-state index contributed by atoms with van der Waals surface area (Å²) in [5.41, 5.74) is 8.92. The number of nitrogens with zero attached hydrogens (tertiary/aromatic N) is 1. The van der Waals surface area contributed by atoms with Crippen molar-refractivity contribution in [3.63, 3.8) is 0 Å². The van der Waals surface area contributed by atoms with Crippen LogP contribution in [0.1, 0.15) is 11.3 Å². The predicted octanol–water partition coefficient (Wildman–Crippen LogP) is 2.90. The van der Waals surface area contributed by atoms with E-state index in [-0.39, 0.29) is 0 Å². The topological polar surface area (TPSA) is 30.9 Å². The number of rotatable bonds is 2. The Labute approximate surface area is 94.3 Å². The Morgan fingerprint density at radius 3 is 2.80 bits per heavy atom. The number of hydrogen-bond acceptors (Lipinski definition) is 1. The van der Waals surface area contributed by atoms with E-state index in [1.807, 2.05) is 43.5 Å². The van der Waals surface area contributed by atoms with Crippen LogP contribution in [0.15, 0.2) is 36.5 Å². The summed E-state index contributed by atoms with van der Waals surface area (Å²) in [6, 6.07) is 9.89. The zero-order valence-electron chi connectivity index (χ0n) is 8.57. The lowest BCUT2D eigenvalue weighted by Gasteiger charge is -2.11. The highest BCUT2D eigenvalue weighted by Gasteiger charge is 2.06. The maximum Gasteiger partial charge on any atom is 0.0496 e. The van der Waals surface area contributed by atoms with Crippen LogP contribution in [0.3, 0.4) is 0 Å². The molecule has 0 radical (unpaired) electrons. The molecule has 78 valence electrons. The highest BCUT2D eigenvalue weighted by Crippen LogP contribution is 2.23. The summed E-state index contributed by atoms with van der Waals surface area (Å²) in [6.45, 7) is 2.54. The molecular formula is C12H13ClN2. The molecule has 2 rings (SSSR count). The highest BCUT2D eigenvalue weighted by atomic mass is 35.5. The van der Waals surface area contributed by atoms with Crippen molar-refractivity contribution in [2.75, 3.05) is 0 Å². The fourth-order valence-electron chi connectivity index (χ4n) is 1.67. The lowest BCUT2D eigenvalue weighted by atomic mass is 10.2. The van der Waals surface area contributed by atoms with Gasteiger partial charge in [0, 0.05) is 29.1 Å². The van der Waals surface area contributed by atoms with Gasteiger partial charge in [-0.25, -0.2) is 0 Å². The molecule has 0 saturated carbocycles. The van der Waals surface area contributed by atoms with Crippen LogP contribution in [0.25, 0.3) is 5.69 Å². The Morgan fingerprint density at radius 2 is 2.07 bits per heavy atom. The first-order chi connectivity index (χ1) is 7.24. The molecule has 0 bridgehead atoms. The minimum Gasteiger partial charge on any atom is -0.325 e. The van der Waals surface area contributed by atoms with Crippen molar-refractivity contribution >= 4 is 11.6 Å². The standard InChI is InChI=1S/C12H13ClN2/c1-9-11(13)5-2-6-12(9)15-7-3-4-10(15)8-14/h2-7H,8,14H2,1H3. The van der Waals surface area contributed by atoms with Crippen LogP contribution in [0.4, 0.5) is 0 Å². The molecule has 0 amide bonds. The summed E-state index contributed by atoms with van der Waals surface area (Å²) in [7, 11) is 0. The largest absolute Gasteiger partial charge is 0.325 e. The Bertz CT molecular complexity index is 474. The van der Waals surface area contributed by atoms with E-state index in [9.17, 15) is 0 Å². The minimum absolute atomic E-state index is 0.527. The molecule has 3 heteroatoms. The van der Waals surface area contributed by atoms with Crippen LogP contribution in [0.5, 0.6) is 0 Å². The van der Waals surface area contributed by atoms with Gasteiger partial charge in [0.15, 0.2) is 0 Å². The molecule has 1 aromatic carbocycles. The monoisotopic (exact) mass is 220 g/mol. The lowest BCUT2D eigenvalue weighted by molar-refractivity contribution is 0.906. The Hall–Kier alpha value is -1.25. The molecule has 0 aliphatic carbocycles. The van der Waals surface area contributed by atoms with Crippen molar-refractivity contribution in [1.29, 1.82) is 0 Å². The van der Waals surface area contributed by atoms with E-state index in [0.29, 0.717) is 6.54 Å². The van der Waals surface area contributed by atoms with Crippen LogP contribution in [0, 0.1) is 6.92 Å². The molecule has 0 atom stereocenters. The van der Waals surface area contributed by atoms with Gasteiger partial charge in [-0.1, -0.05) is 17.7 Å². The molecule has 0 aliphatic rings. The molecule has 0 aliphatic heterocycles. The van der Waals surface area contributed by atoms with Gasteiger partial charge in [0.1, 0.15) is 0 Å². The Morgan fingerprint density at radius 1 is 1.27 bits per heavy atom. The van der Waals surface area contributed by atoms with Crippen LogP contribution in [-0.2, 0) is 6.54 Å². The molecule has 2 N–H and O–H groups in total. The fourth-order valence-corrected chi connectivity index (χ4v) is 1.84. The van der Waals surface area contributed by atoms with Crippen LogP contribution in [-0.4, -0.2) is 4.57 Å². The third-order valence-electron chi connectivity index (χ3n) is 2.54. The predicted molar refractivity (Wildman–Crippen MR) is 63.4 cm³/mol. The molecule has 0 unspecified atom stereocenters. The third-order valence-corrected chi connectivity index (χ3v) is 2.95. The highest BCUT2D eigenvalue weighted by molar-refractivity contribution is 6.31. The minimum atomic E-state index is 0.527. The normalized spacial score (nSPS) is 10.6. The van der Waals surface area contributed by atoms with Gasteiger partial charge in [-0.05, 0) is 36.8 Å². The summed E-state index contributed by atoms with van der Waals surface area (Å²) >= 11 is 6.08. The molecule has 0 spiro atoms. The van der Waals surface area contributed by atoms with Crippen molar-refractivity contribution in [3.05, 3.63) is 52.8 Å². The van der Waals surface area contributed by atoms with E-state index in [2.05, 4.69) is 4.57 Å². The van der Waals surface area contributed by atoms with E-state index < -0.39 is 0 Å². The molecule has 15 heavy (non-hydrogen) atoms. The summed E-state index contributed by atoms with van der Waals surface area (Å²) in [5, 5.41) is 0.782. The summed E-state index contributed by atoms with van der Waals surface area (Å²) in [6.07, 6.45) is 2.00. The molecule has 1 aromatic heterocycles. The van der Waals surface area contributed by atoms with Gasteiger partial charge in [0.25, 0.3) is 0 Å². The number of nitrogens with two attached hydrogens (primary N) is 1. The lowest BCUT2D eigenvalue weighted by Crippen LogP contribution is -2.05. The molecular weight excluding hydrogens is 208 g/mol. The SMILES string of the molecule is Cc1c(Cl)cccc1-n1cccc1CN. The molecule has 2 nitrogen and oxygen atoms in total. The number of hydrogen-bond donors (Lipinski definition) is 1. The van der Waals surface area contributed by atoms with Crippen molar-refractivity contribution < 1.29 is 0 Å². The second kappa shape index (κ2) is 4.09. The van der Waals surface area contributed by atoms with Gasteiger partial charge in [-0.15, -0.1) is 0 Å².